The second-order valence-corrected chi connectivity index (χ2v) is 8.53. The van der Waals surface area contributed by atoms with Gasteiger partial charge in [0.2, 0.25) is 0 Å². The van der Waals surface area contributed by atoms with Gasteiger partial charge in [0, 0.05) is 42.0 Å². The van der Waals surface area contributed by atoms with Crippen molar-refractivity contribution in [3.8, 4) is 22.9 Å². The van der Waals surface area contributed by atoms with Crippen LogP contribution >= 0.6 is 0 Å². The Bertz CT molecular complexity index is 1450. The Morgan fingerprint density at radius 1 is 1.29 bits per heavy atom. The lowest BCUT2D eigenvalue weighted by Crippen LogP contribution is -2.26. The highest BCUT2D eigenvalue weighted by Gasteiger charge is 2.27. The summed E-state index contributed by atoms with van der Waals surface area (Å²) in [4.78, 5) is 19.2. The number of pyridine rings is 1. The smallest absolute Gasteiger partial charge is 0.254 e. The Balaban J connectivity index is 1.48. The van der Waals surface area contributed by atoms with Crippen molar-refractivity contribution >= 4 is 16.8 Å². The number of nitriles is 1. The highest BCUT2D eigenvalue weighted by Crippen LogP contribution is 2.38. The molecule has 8 heteroatoms. The average molecular weight is 455 g/mol. The topological polar surface area (TPSA) is 94.9 Å². The maximum absolute atomic E-state index is 15.4. The number of amides is 1. The van der Waals surface area contributed by atoms with E-state index in [4.69, 9.17) is 4.74 Å². The Kier molecular flexibility index (Phi) is 5.46. The van der Waals surface area contributed by atoms with E-state index in [1.165, 1.54) is 11.0 Å². The van der Waals surface area contributed by atoms with Crippen LogP contribution < -0.4 is 4.74 Å². The SMILES string of the molecule is Cc1ncc(CN(C)C(=O)c2cc(F)c(-c3cccc(C#N)c3)c(OC3CC3)c2)c2[nH]ncc12. The Hall–Kier alpha value is -4.25. The van der Waals surface area contributed by atoms with Gasteiger partial charge in [-0.05, 0) is 49.6 Å². The standard InChI is InChI=1S/C26H22FN5O2/c1-15-21-13-30-31-25(21)19(12-29-15)14-32(2)26(33)18-9-22(27)24(23(10-18)34-20-6-7-20)17-5-3-4-16(8-17)11-28/h3-5,8-10,12-13,20H,6-7,14H2,1-2H3,(H,30,31). The summed E-state index contributed by atoms with van der Waals surface area (Å²) in [7, 11) is 1.66. The van der Waals surface area contributed by atoms with E-state index in [1.807, 2.05) is 6.92 Å². The van der Waals surface area contributed by atoms with Gasteiger partial charge in [-0.2, -0.15) is 10.4 Å². The largest absolute Gasteiger partial charge is 0.490 e. The number of carbonyl (C=O) groups excluding carboxylic acids is 1. The predicted octanol–water partition coefficient (Wildman–Crippen LogP) is 4.76. The van der Waals surface area contributed by atoms with Gasteiger partial charge in [0.25, 0.3) is 5.91 Å². The molecule has 5 rings (SSSR count). The molecule has 1 aliphatic carbocycles. The molecule has 2 aromatic carbocycles. The van der Waals surface area contributed by atoms with Crippen LogP contribution in [0.4, 0.5) is 4.39 Å². The molecule has 1 aliphatic rings. The normalized spacial score (nSPS) is 13.0. The summed E-state index contributed by atoms with van der Waals surface area (Å²) in [6, 6.07) is 11.6. The summed E-state index contributed by atoms with van der Waals surface area (Å²) in [5, 5.41) is 17.2. The van der Waals surface area contributed by atoms with E-state index in [0.29, 0.717) is 16.9 Å². The monoisotopic (exact) mass is 455 g/mol. The molecule has 7 nitrogen and oxygen atoms in total. The number of aromatic nitrogens is 3. The molecule has 34 heavy (non-hydrogen) atoms. The van der Waals surface area contributed by atoms with Gasteiger partial charge < -0.3 is 9.64 Å². The molecule has 0 bridgehead atoms. The van der Waals surface area contributed by atoms with Crippen LogP contribution in [0, 0.1) is 24.1 Å². The molecule has 2 heterocycles. The van der Waals surface area contributed by atoms with Crippen molar-refractivity contribution in [1.82, 2.24) is 20.1 Å². The molecule has 0 radical (unpaired) electrons. The third-order valence-electron chi connectivity index (χ3n) is 5.92. The third-order valence-corrected chi connectivity index (χ3v) is 5.92. The fourth-order valence-corrected chi connectivity index (χ4v) is 3.97. The van der Waals surface area contributed by atoms with Gasteiger partial charge >= 0.3 is 0 Å². The maximum Gasteiger partial charge on any atom is 0.254 e. The summed E-state index contributed by atoms with van der Waals surface area (Å²) in [6.07, 6.45) is 5.20. The molecule has 1 saturated carbocycles. The quantitative estimate of drug-likeness (QED) is 0.452. The number of hydrogen-bond donors (Lipinski definition) is 1. The van der Waals surface area contributed by atoms with Gasteiger partial charge in [-0.1, -0.05) is 12.1 Å². The minimum atomic E-state index is -0.571. The fraction of sp³-hybridized carbons (Fsp3) is 0.231. The number of benzene rings is 2. The lowest BCUT2D eigenvalue weighted by molar-refractivity contribution is 0.0784. The first-order valence-electron chi connectivity index (χ1n) is 11.0. The second kappa shape index (κ2) is 8.60. The zero-order chi connectivity index (χ0) is 23.8. The van der Waals surface area contributed by atoms with E-state index in [1.54, 1.807) is 49.8 Å². The van der Waals surface area contributed by atoms with Gasteiger partial charge in [-0.3, -0.25) is 14.9 Å². The summed E-state index contributed by atoms with van der Waals surface area (Å²) in [5.74, 6) is -0.606. The van der Waals surface area contributed by atoms with Crippen LogP contribution in [-0.2, 0) is 6.54 Å². The van der Waals surface area contributed by atoms with Crippen LogP contribution in [-0.4, -0.2) is 39.1 Å². The number of nitrogens with zero attached hydrogens (tertiary/aromatic N) is 4. The number of hydrogen-bond acceptors (Lipinski definition) is 5. The van der Waals surface area contributed by atoms with E-state index < -0.39 is 5.82 Å². The summed E-state index contributed by atoms with van der Waals surface area (Å²) in [6.45, 7) is 2.17. The molecular weight excluding hydrogens is 433 g/mol. The molecule has 170 valence electrons. The Morgan fingerprint density at radius 3 is 2.88 bits per heavy atom. The molecule has 4 aromatic rings. The molecule has 0 spiro atoms. The Labute approximate surface area is 195 Å². The van der Waals surface area contributed by atoms with Crippen LogP contribution in [0.2, 0.25) is 0 Å². The van der Waals surface area contributed by atoms with Crippen LogP contribution in [0.1, 0.15) is 40.0 Å². The van der Waals surface area contributed by atoms with E-state index in [0.717, 1.165) is 35.0 Å². The number of fused-ring (bicyclic) bond motifs is 1. The number of nitrogens with one attached hydrogen (secondary N) is 1. The van der Waals surface area contributed by atoms with Crippen molar-refractivity contribution in [1.29, 1.82) is 5.26 Å². The van der Waals surface area contributed by atoms with Crippen molar-refractivity contribution in [3.63, 3.8) is 0 Å². The van der Waals surface area contributed by atoms with Crippen LogP contribution in [0.15, 0.2) is 48.8 Å². The number of H-pyrrole nitrogens is 1. The minimum absolute atomic E-state index is 0.00711. The average Bonchev–Trinajstić information content (AvgIpc) is 3.50. The van der Waals surface area contributed by atoms with Crippen molar-refractivity contribution in [3.05, 3.63) is 77.0 Å². The minimum Gasteiger partial charge on any atom is -0.490 e. The fourth-order valence-electron chi connectivity index (χ4n) is 3.97. The van der Waals surface area contributed by atoms with Crippen molar-refractivity contribution < 1.29 is 13.9 Å². The number of ether oxygens (including phenoxy) is 1. The van der Waals surface area contributed by atoms with Gasteiger partial charge in [0.1, 0.15) is 11.6 Å². The summed E-state index contributed by atoms with van der Waals surface area (Å²) >= 11 is 0. The van der Waals surface area contributed by atoms with E-state index in [9.17, 15) is 10.1 Å². The van der Waals surface area contributed by atoms with Crippen molar-refractivity contribution in [2.75, 3.05) is 7.05 Å². The molecule has 0 aliphatic heterocycles. The lowest BCUT2D eigenvalue weighted by atomic mass is 9.99. The lowest BCUT2D eigenvalue weighted by Gasteiger charge is -2.20. The molecule has 0 saturated heterocycles. The first-order chi connectivity index (χ1) is 16.4. The maximum atomic E-state index is 15.4. The van der Waals surface area contributed by atoms with Gasteiger partial charge in [-0.15, -0.1) is 0 Å². The van der Waals surface area contributed by atoms with E-state index in [-0.39, 0.29) is 29.7 Å². The first kappa shape index (κ1) is 21.6. The zero-order valence-corrected chi connectivity index (χ0v) is 18.8. The molecule has 1 N–H and O–H groups in total. The summed E-state index contributed by atoms with van der Waals surface area (Å²) in [5.41, 5.74) is 3.89. The van der Waals surface area contributed by atoms with E-state index in [2.05, 4.69) is 21.3 Å². The Morgan fingerprint density at radius 2 is 2.12 bits per heavy atom. The molecule has 0 atom stereocenters. The molecular formula is C26H22FN5O2. The predicted molar refractivity (Wildman–Crippen MR) is 125 cm³/mol. The number of halogens is 1. The summed E-state index contributed by atoms with van der Waals surface area (Å²) < 4.78 is 21.4. The van der Waals surface area contributed by atoms with Crippen LogP contribution in [0.3, 0.4) is 0 Å². The van der Waals surface area contributed by atoms with Crippen LogP contribution in [0.5, 0.6) is 5.75 Å². The van der Waals surface area contributed by atoms with Gasteiger partial charge in [-0.25, -0.2) is 4.39 Å². The second-order valence-electron chi connectivity index (χ2n) is 8.53. The van der Waals surface area contributed by atoms with Gasteiger partial charge in [0.05, 0.1) is 35.0 Å². The third kappa shape index (κ3) is 4.08. The number of aryl methyl sites for hydroxylation is 1. The van der Waals surface area contributed by atoms with Crippen molar-refractivity contribution in [2.24, 2.45) is 0 Å². The van der Waals surface area contributed by atoms with Crippen LogP contribution in [0.25, 0.3) is 22.0 Å². The number of carbonyl (C=O) groups is 1. The van der Waals surface area contributed by atoms with E-state index >= 15 is 4.39 Å². The molecule has 2 aromatic heterocycles. The number of rotatable bonds is 6. The zero-order valence-electron chi connectivity index (χ0n) is 18.8. The molecule has 1 fully saturated rings. The number of aromatic amines is 1. The first-order valence-corrected chi connectivity index (χ1v) is 11.0. The van der Waals surface area contributed by atoms with Gasteiger partial charge in [0.15, 0.2) is 0 Å². The highest BCUT2D eigenvalue weighted by molar-refractivity contribution is 5.96. The molecule has 0 unspecified atom stereocenters. The molecule has 1 amide bonds. The van der Waals surface area contributed by atoms with Crippen molar-refractivity contribution in [2.45, 2.75) is 32.4 Å². The highest BCUT2D eigenvalue weighted by atomic mass is 19.1.